The van der Waals surface area contributed by atoms with E-state index in [1.54, 1.807) is 6.07 Å². The van der Waals surface area contributed by atoms with E-state index in [1.807, 2.05) is 0 Å². The zero-order chi connectivity index (χ0) is 14.8. The Morgan fingerprint density at radius 1 is 1.20 bits per heavy atom. The van der Waals surface area contributed by atoms with E-state index in [0.717, 1.165) is 24.8 Å². The Hall–Kier alpha value is -0.640. The second-order valence-corrected chi connectivity index (χ2v) is 5.77. The molecule has 0 radical (unpaired) electrons. The summed E-state index contributed by atoms with van der Waals surface area (Å²) in [5, 5.41) is 0.480. The number of hydrazine groups is 1. The van der Waals surface area contributed by atoms with Gasteiger partial charge in [-0.25, -0.2) is 4.39 Å². The molecule has 1 atom stereocenters. The lowest BCUT2D eigenvalue weighted by Crippen LogP contribution is -2.36. The second kappa shape index (κ2) is 10.1. The van der Waals surface area contributed by atoms with E-state index in [4.69, 9.17) is 17.4 Å². The summed E-state index contributed by atoms with van der Waals surface area (Å²) in [6.07, 6.45) is 9.39. The lowest BCUT2D eigenvalue weighted by molar-refractivity contribution is 0.459. The minimum Gasteiger partial charge on any atom is -0.271 e. The molecule has 0 aliphatic rings. The van der Waals surface area contributed by atoms with Gasteiger partial charge in [-0.15, -0.1) is 0 Å². The van der Waals surface area contributed by atoms with Crippen LogP contribution >= 0.6 is 11.6 Å². The van der Waals surface area contributed by atoms with Crippen LogP contribution < -0.4 is 11.3 Å². The van der Waals surface area contributed by atoms with Gasteiger partial charge in [0.2, 0.25) is 0 Å². The van der Waals surface area contributed by atoms with Crippen molar-refractivity contribution in [2.45, 2.75) is 64.3 Å². The first-order chi connectivity index (χ1) is 9.67. The van der Waals surface area contributed by atoms with Gasteiger partial charge in [-0.3, -0.25) is 11.3 Å². The number of hydrogen-bond acceptors (Lipinski definition) is 2. The average Bonchev–Trinajstić information content (AvgIpc) is 2.43. The summed E-state index contributed by atoms with van der Waals surface area (Å²) in [6, 6.07) is 4.74. The molecule has 0 aliphatic heterocycles. The van der Waals surface area contributed by atoms with Crippen LogP contribution in [0, 0.1) is 5.82 Å². The predicted molar refractivity (Wildman–Crippen MR) is 84.2 cm³/mol. The summed E-state index contributed by atoms with van der Waals surface area (Å²) in [4.78, 5) is 0. The molecule has 0 aliphatic carbocycles. The Labute approximate surface area is 126 Å². The highest BCUT2D eigenvalue weighted by atomic mass is 35.5. The average molecular weight is 301 g/mol. The smallest absolute Gasteiger partial charge is 0.124 e. The highest BCUT2D eigenvalue weighted by Gasteiger charge is 2.10. The van der Waals surface area contributed by atoms with Crippen molar-refractivity contribution in [3.63, 3.8) is 0 Å². The second-order valence-electron chi connectivity index (χ2n) is 5.36. The van der Waals surface area contributed by atoms with Crippen molar-refractivity contribution in [3.8, 4) is 0 Å². The minimum atomic E-state index is -0.299. The monoisotopic (exact) mass is 300 g/mol. The van der Waals surface area contributed by atoms with Crippen LogP contribution in [0.5, 0.6) is 0 Å². The molecule has 1 rings (SSSR count). The fourth-order valence-electron chi connectivity index (χ4n) is 2.37. The minimum absolute atomic E-state index is 0.198. The summed E-state index contributed by atoms with van der Waals surface area (Å²) < 4.78 is 13.0. The van der Waals surface area contributed by atoms with Crippen LogP contribution in [0.4, 0.5) is 4.39 Å². The molecule has 1 unspecified atom stereocenters. The Bertz CT molecular complexity index is 385. The standard InChI is InChI=1S/C16H26ClFN2/c1-2-3-4-5-6-7-8-15(20-19)11-13-9-10-14(18)12-16(13)17/h9-10,12,15,20H,2-8,11,19H2,1H3. The maximum absolute atomic E-state index is 13.0. The van der Waals surface area contributed by atoms with Gasteiger partial charge in [0.15, 0.2) is 0 Å². The largest absolute Gasteiger partial charge is 0.271 e. The molecule has 4 heteroatoms. The molecule has 3 N–H and O–H groups in total. The Kier molecular flexibility index (Phi) is 8.83. The van der Waals surface area contributed by atoms with Crippen LogP contribution in [0.25, 0.3) is 0 Å². The molecule has 0 heterocycles. The van der Waals surface area contributed by atoms with E-state index in [0.29, 0.717) is 5.02 Å². The number of benzene rings is 1. The van der Waals surface area contributed by atoms with Gasteiger partial charge >= 0.3 is 0 Å². The fraction of sp³-hybridized carbons (Fsp3) is 0.625. The third kappa shape index (κ3) is 6.69. The van der Waals surface area contributed by atoms with Crippen LogP contribution in [0.15, 0.2) is 18.2 Å². The molecule has 0 spiro atoms. The lowest BCUT2D eigenvalue weighted by atomic mass is 10.00. The topological polar surface area (TPSA) is 38.0 Å². The first kappa shape index (κ1) is 17.4. The lowest BCUT2D eigenvalue weighted by Gasteiger charge is -2.16. The number of nitrogens with one attached hydrogen (secondary N) is 1. The molecule has 20 heavy (non-hydrogen) atoms. The van der Waals surface area contributed by atoms with Crippen molar-refractivity contribution >= 4 is 11.6 Å². The highest BCUT2D eigenvalue weighted by Crippen LogP contribution is 2.20. The van der Waals surface area contributed by atoms with Gasteiger partial charge in [-0.05, 0) is 30.5 Å². The summed E-state index contributed by atoms with van der Waals surface area (Å²) in [5.41, 5.74) is 3.79. The summed E-state index contributed by atoms with van der Waals surface area (Å²) in [5.74, 6) is 5.30. The van der Waals surface area contributed by atoms with Crippen molar-refractivity contribution < 1.29 is 4.39 Å². The molecule has 0 saturated carbocycles. The van der Waals surface area contributed by atoms with Gasteiger partial charge in [0.25, 0.3) is 0 Å². The van der Waals surface area contributed by atoms with Crippen molar-refractivity contribution in [2.24, 2.45) is 5.84 Å². The van der Waals surface area contributed by atoms with Gasteiger partial charge in [0.05, 0.1) is 0 Å². The van der Waals surface area contributed by atoms with Crippen molar-refractivity contribution in [1.29, 1.82) is 0 Å². The summed E-state index contributed by atoms with van der Waals surface area (Å²) >= 11 is 6.04. The molecule has 1 aromatic carbocycles. The number of halogens is 2. The quantitative estimate of drug-likeness (QED) is 0.376. The van der Waals surface area contributed by atoms with Crippen molar-refractivity contribution in [3.05, 3.63) is 34.6 Å². The van der Waals surface area contributed by atoms with Gasteiger partial charge in [-0.2, -0.15) is 0 Å². The van der Waals surface area contributed by atoms with E-state index >= 15 is 0 Å². The molecule has 0 amide bonds. The van der Waals surface area contributed by atoms with Crippen LogP contribution in [-0.2, 0) is 6.42 Å². The third-order valence-corrected chi connectivity index (χ3v) is 3.98. The van der Waals surface area contributed by atoms with E-state index in [2.05, 4.69) is 12.3 Å². The summed E-state index contributed by atoms with van der Waals surface area (Å²) in [7, 11) is 0. The van der Waals surface area contributed by atoms with E-state index in [1.165, 1.54) is 44.2 Å². The van der Waals surface area contributed by atoms with Gasteiger partial charge in [0.1, 0.15) is 5.82 Å². The van der Waals surface area contributed by atoms with E-state index in [-0.39, 0.29) is 11.9 Å². The molecule has 1 aromatic rings. The third-order valence-electron chi connectivity index (χ3n) is 3.62. The van der Waals surface area contributed by atoms with E-state index < -0.39 is 0 Å². The van der Waals surface area contributed by atoms with Crippen molar-refractivity contribution in [1.82, 2.24) is 5.43 Å². The normalized spacial score (nSPS) is 12.6. The molecule has 2 nitrogen and oxygen atoms in total. The molecule has 0 aromatic heterocycles. The zero-order valence-electron chi connectivity index (χ0n) is 12.3. The molecular formula is C16H26ClFN2. The summed E-state index contributed by atoms with van der Waals surface area (Å²) in [6.45, 7) is 2.22. The zero-order valence-corrected chi connectivity index (χ0v) is 13.1. The number of unbranched alkanes of at least 4 members (excludes halogenated alkanes) is 5. The molecule has 0 fully saturated rings. The fourth-order valence-corrected chi connectivity index (χ4v) is 2.61. The van der Waals surface area contributed by atoms with Crippen LogP contribution in [-0.4, -0.2) is 6.04 Å². The highest BCUT2D eigenvalue weighted by molar-refractivity contribution is 6.31. The molecule has 0 bridgehead atoms. The molecule has 0 saturated heterocycles. The van der Waals surface area contributed by atoms with Crippen LogP contribution in [0.1, 0.15) is 57.4 Å². The number of hydrogen-bond donors (Lipinski definition) is 2. The molecule has 114 valence electrons. The maximum atomic E-state index is 13.0. The Morgan fingerprint density at radius 2 is 1.90 bits per heavy atom. The van der Waals surface area contributed by atoms with Gasteiger partial charge in [0, 0.05) is 11.1 Å². The van der Waals surface area contributed by atoms with Crippen LogP contribution in [0.3, 0.4) is 0 Å². The molecular weight excluding hydrogens is 275 g/mol. The predicted octanol–water partition coefficient (Wildman–Crippen LogP) is 4.60. The number of nitrogens with two attached hydrogens (primary N) is 1. The Morgan fingerprint density at radius 3 is 2.55 bits per heavy atom. The van der Waals surface area contributed by atoms with Crippen LogP contribution in [0.2, 0.25) is 5.02 Å². The first-order valence-corrected chi connectivity index (χ1v) is 7.95. The van der Waals surface area contributed by atoms with E-state index in [9.17, 15) is 4.39 Å². The van der Waals surface area contributed by atoms with Gasteiger partial charge in [-0.1, -0.05) is 63.1 Å². The Balaban J connectivity index is 2.31. The maximum Gasteiger partial charge on any atom is 0.124 e. The van der Waals surface area contributed by atoms with Gasteiger partial charge < -0.3 is 0 Å². The van der Waals surface area contributed by atoms with Crippen molar-refractivity contribution in [2.75, 3.05) is 0 Å². The SMILES string of the molecule is CCCCCCCCC(Cc1ccc(F)cc1Cl)NN. The first-order valence-electron chi connectivity index (χ1n) is 7.57. The number of rotatable bonds is 10.